The van der Waals surface area contributed by atoms with E-state index in [4.69, 9.17) is 0 Å². The van der Waals surface area contributed by atoms with Crippen molar-refractivity contribution in [2.45, 2.75) is 37.1 Å². The van der Waals surface area contributed by atoms with Gasteiger partial charge in [-0.3, -0.25) is 0 Å². The normalized spacial score (nSPS) is 18.5. The molecule has 1 atom stereocenters. The summed E-state index contributed by atoms with van der Waals surface area (Å²) in [5.41, 5.74) is 0. The first-order valence-electron chi connectivity index (χ1n) is 6.98. The number of sulfonamides is 1. The fourth-order valence-corrected chi connectivity index (χ4v) is 3.94. The molecule has 1 aliphatic rings. The molecule has 0 amide bonds. The minimum Gasteiger partial charge on any atom is -0.396 e. The molecule has 0 radical (unpaired) electrons. The van der Waals surface area contributed by atoms with Crippen molar-refractivity contribution < 1.29 is 13.5 Å². The van der Waals surface area contributed by atoms with E-state index in [0.717, 1.165) is 6.42 Å². The topological polar surface area (TPSA) is 97.1 Å². The molecule has 0 aliphatic heterocycles. The van der Waals surface area contributed by atoms with Gasteiger partial charge in [-0.05, 0) is 18.3 Å². The zero-order chi connectivity index (χ0) is 14.6. The van der Waals surface area contributed by atoms with Crippen LogP contribution in [0.2, 0.25) is 0 Å². The summed E-state index contributed by atoms with van der Waals surface area (Å²) < 4.78 is 27.9. The number of aryl methyl sites for hydroxylation is 1. The Morgan fingerprint density at radius 2 is 2.20 bits per heavy atom. The molecule has 1 fully saturated rings. The van der Waals surface area contributed by atoms with Gasteiger partial charge in [0.1, 0.15) is 0 Å². The molecular formula is C12H22N4O3S. The van der Waals surface area contributed by atoms with Crippen molar-refractivity contribution in [3.8, 4) is 0 Å². The lowest BCUT2D eigenvalue weighted by molar-refractivity contribution is 0.202. The standard InChI is InChI=1S/C12H22N4O3S/c1-16-12(8-13-15-16)20(18,19)14-7-11(9-17)6-10-4-2-3-5-10/h8,10-11,14,17H,2-7,9H2,1H3/t11-/m0/s1. The highest BCUT2D eigenvalue weighted by atomic mass is 32.2. The molecule has 114 valence electrons. The van der Waals surface area contributed by atoms with E-state index in [-0.39, 0.29) is 24.1 Å². The van der Waals surface area contributed by atoms with Gasteiger partial charge in [0.2, 0.25) is 0 Å². The first-order chi connectivity index (χ1) is 9.53. The lowest BCUT2D eigenvalue weighted by Crippen LogP contribution is -2.32. The van der Waals surface area contributed by atoms with Crippen molar-refractivity contribution in [3.63, 3.8) is 0 Å². The molecule has 1 heterocycles. The predicted molar refractivity (Wildman–Crippen MR) is 73.3 cm³/mol. The van der Waals surface area contributed by atoms with Crippen LogP contribution in [-0.2, 0) is 17.1 Å². The number of hydrogen-bond acceptors (Lipinski definition) is 5. The molecule has 1 aliphatic carbocycles. The number of aromatic nitrogens is 3. The third-order valence-corrected chi connectivity index (χ3v) is 5.38. The first kappa shape index (κ1) is 15.4. The van der Waals surface area contributed by atoms with Crippen LogP contribution < -0.4 is 4.72 Å². The molecule has 7 nitrogen and oxygen atoms in total. The first-order valence-corrected chi connectivity index (χ1v) is 8.46. The maximum absolute atomic E-state index is 12.1. The maximum Gasteiger partial charge on any atom is 0.259 e. The number of hydrogen-bond donors (Lipinski definition) is 2. The fourth-order valence-electron chi connectivity index (χ4n) is 2.77. The van der Waals surface area contributed by atoms with Gasteiger partial charge in [0, 0.05) is 20.2 Å². The van der Waals surface area contributed by atoms with Crippen LogP contribution in [0.3, 0.4) is 0 Å². The minimum absolute atomic E-state index is 0.00264. The van der Waals surface area contributed by atoms with Crippen LogP contribution in [-0.4, -0.2) is 41.7 Å². The Labute approximate surface area is 119 Å². The van der Waals surface area contributed by atoms with Gasteiger partial charge in [-0.15, -0.1) is 5.10 Å². The number of nitrogens with one attached hydrogen (secondary N) is 1. The number of rotatable bonds is 7. The summed E-state index contributed by atoms with van der Waals surface area (Å²) >= 11 is 0. The van der Waals surface area contributed by atoms with Crippen LogP contribution in [0.1, 0.15) is 32.1 Å². The average molecular weight is 302 g/mol. The third kappa shape index (κ3) is 3.77. The van der Waals surface area contributed by atoms with E-state index < -0.39 is 10.0 Å². The molecule has 0 spiro atoms. The van der Waals surface area contributed by atoms with E-state index in [1.54, 1.807) is 0 Å². The Balaban J connectivity index is 1.90. The van der Waals surface area contributed by atoms with E-state index in [2.05, 4.69) is 15.0 Å². The van der Waals surface area contributed by atoms with Gasteiger partial charge in [-0.1, -0.05) is 30.9 Å². The Hall–Kier alpha value is -0.990. The van der Waals surface area contributed by atoms with Gasteiger partial charge in [-0.2, -0.15) is 0 Å². The van der Waals surface area contributed by atoms with E-state index >= 15 is 0 Å². The zero-order valence-corrected chi connectivity index (χ0v) is 12.5. The molecular weight excluding hydrogens is 280 g/mol. The van der Waals surface area contributed by atoms with Crippen LogP contribution in [0.25, 0.3) is 0 Å². The molecule has 2 N–H and O–H groups in total. The molecule has 0 bridgehead atoms. The van der Waals surface area contributed by atoms with Gasteiger partial charge < -0.3 is 5.11 Å². The van der Waals surface area contributed by atoms with E-state index in [0.29, 0.717) is 5.92 Å². The van der Waals surface area contributed by atoms with Gasteiger partial charge in [0.15, 0.2) is 5.03 Å². The molecule has 2 rings (SSSR count). The minimum atomic E-state index is -3.61. The van der Waals surface area contributed by atoms with Gasteiger partial charge in [-0.25, -0.2) is 17.8 Å². The molecule has 0 aromatic carbocycles. The third-order valence-electron chi connectivity index (χ3n) is 3.91. The lowest BCUT2D eigenvalue weighted by atomic mass is 9.94. The Morgan fingerprint density at radius 3 is 2.75 bits per heavy atom. The molecule has 1 aromatic heterocycles. The van der Waals surface area contributed by atoms with Crippen LogP contribution >= 0.6 is 0 Å². The molecule has 1 aromatic rings. The van der Waals surface area contributed by atoms with Crippen molar-refractivity contribution in [2.75, 3.05) is 13.2 Å². The summed E-state index contributed by atoms with van der Waals surface area (Å²) in [5, 5.41) is 16.6. The summed E-state index contributed by atoms with van der Waals surface area (Å²) in [6.45, 7) is 0.253. The largest absolute Gasteiger partial charge is 0.396 e. The highest BCUT2D eigenvalue weighted by molar-refractivity contribution is 7.89. The van der Waals surface area contributed by atoms with Crippen molar-refractivity contribution in [1.29, 1.82) is 0 Å². The highest BCUT2D eigenvalue weighted by Crippen LogP contribution is 2.30. The van der Waals surface area contributed by atoms with Crippen molar-refractivity contribution in [2.24, 2.45) is 18.9 Å². The van der Waals surface area contributed by atoms with Crippen molar-refractivity contribution in [3.05, 3.63) is 6.20 Å². The molecule has 8 heteroatoms. The smallest absolute Gasteiger partial charge is 0.259 e. The highest BCUT2D eigenvalue weighted by Gasteiger charge is 2.23. The van der Waals surface area contributed by atoms with E-state index in [1.165, 1.54) is 43.6 Å². The van der Waals surface area contributed by atoms with E-state index in [9.17, 15) is 13.5 Å². The monoisotopic (exact) mass is 302 g/mol. The lowest BCUT2D eigenvalue weighted by Gasteiger charge is -2.18. The maximum atomic E-state index is 12.1. The summed E-state index contributed by atoms with van der Waals surface area (Å²) in [4.78, 5) is 0. The van der Waals surface area contributed by atoms with Crippen molar-refractivity contribution in [1.82, 2.24) is 19.7 Å². The van der Waals surface area contributed by atoms with E-state index in [1.807, 2.05) is 0 Å². The van der Waals surface area contributed by atoms with Crippen LogP contribution in [0, 0.1) is 11.8 Å². The van der Waals surface area contributed by atoms with Gasteiger partial charge >= 0.3 is 0 Å². The number of nitrogens with zero attached hydrogens (tertiary/aromatic N) is 3. The van der Waals surface area contributed by atoms with Crippen LogP contribution in [0.5, 0.6) is 0 Å². The molecule has 0 unspecified atom stereocenters. The second-order valence-electron chi connectivity index (χ2n) is 5.48. The Morgan fingerprint density at radius 1 is 1.50 bits per heavy atom. The van der Waals surface area contributed by atoms with Crippen LogP contribution in [0.15, 0.2) is 11.2 Å². The van der Waals surface area contributed by atoms with Crippen molar-refractivity contribution >= 4 is 10.0 Å². The summed E-state index contributed by atoms with van der Waals surface area (Å²) in [5.74, 6) is 0.587. The predicted octanol–water partition coefficient (Wildman–Crippen LogP) is 0.282. The SMILES string of the molecule is Cn1nncc1S(=O)(=O)NC[C@@H](CO)CC1CCCC1. The Bertz CT molecular complexity index is 523. The summed E-state index contributed by atoms with van der Waals surface area (Å²) in [6.07, 6.45) is 6.96. The molecule has 1 saturated carbocycles. The number of aliphatic hydroxyl groups is 1. The molecule has 0 saturated heterocycles. The van der Waals surface area contributed by atoms with Crippen LogP contribution in [0.4, 0.5) is 0 Å². The fraction of sp³-hybridized carbons (Fsp3) is 0.833. The zero-order valence-electron chi connectivity index (χ0n) is 11.7. The van der Waals surface area contributed by atoms with Gasteiger partial charge in [0.05, 0.1) is 6.20 Å². The van der Waals surface area contributed by atoms with Gasteiger partial charge in [0.25, 0.3) is 10.0 Å². The second-order valence-corrected chi connectivity index (χ2v) is 7.20. The summed E-state index contributed by atoms with van der Waals surface area (Å²) in [7, 11) is -2.08. The quantitative estimate of drug-likeness (QED) is 0.754. The number of aliphatic hydroxyl groups excluding tert-OH is 1. The average Bonchev–Trinajstić information content (AvgIpc) is 3.05. The summed E-state index contributed by atoms with van der Waals surface area (Å²) in [6, 6.07) is 0. The second kappa shape index (κ2) is 6.64. The Kier molecular flexibility index (Phi) is 5.11. The molecule has 20 heavy (non-hydrogen) atoms.